The Bertz CT molecular complexity index is 1030. The predicted molar refractivity (Wildman–Crippen MR) is 130 cm³/mol. The number of methoxy groups -OCH3 is 1. The summed E-state index contributed by atoms with van der Waals surface area (Å²) in [6.45, 7) is 4.20. The van der Waals surface area contributed by atoms with E-state index in [4.69, 9.17) is 37.4 Å². The number of halogens is 3. The van der Waals surface area contributed by atoms with Crippen LogP contribution in [-0.2, 0) is 19.7 Å². The van der Waals surface area contributed by atoms with E-state index in [9.17, 15) is 0 Å². The Kier molecular flexibility index (Phi) is 8.90. The van der Waals surface area contributed by atoms with Crippen LogP contribution in [0.1, 0.15) is 23.6 Å². The smallest absolute Gasteiger partial charge is 0.175 e. The van der Waals surface area contributed by atoms with Gasteiger partial charge in [0.15, 0.2) is 11.5 Å². The first-order valence-electron chi connectivity index (χ1n) is 9.86. The van der Waals surface area contributed by atoms with Crippen LogP contribution >= 0.6 is 39.1 Å². The zero-order chi connectivity index (χ0) is 22.2. The molecule has 0 unspecified atom stereocenters. The third-order valence-electron chi connectivity index (χ3n) is 4.57. The molecular formula is C24H24BrCl2NO3. The molecule has 0 heterocycles. The number of ether oxygens (including phenoxy) is 3. The van der Waals surface area contributed by atoms with Gasteiger partial charge in [0.1, 0.15) is 12.4 Å². The van der Waals surface area contributed by atoms with Crippen LogP contribution < -0.4 is 19.5 Å². The van der Waals surface area contributed by atoms with E-state index in [0.717, 1.165) is 26.9 Å². The van der Waals surface area contributed by atoms with E-state index in [2.05, 4.69) is 21.2 Å². The van der Waals surface area contributed by atoms with Crippen LogP contribution in [-0.4, -0.2) is 13.7 Å². The minimum atomic E-state index is 0.348. The van der Waals surface area contributed by atoms with Crippen LogP contribution in [0.15, 0.2) is 59.1 Å². The fourth-order valence-corrected chi connectivity index (χ4v) is 4.03. The average molecular weight is 525 g/mol. The highest BCUT2D eigenvalue weighted by molar-refractivity contribution is 9.10. The Morgan fingerprint density at radius 2 is 1.68 bits per heavy atom. The number of nitrogens with one attached hydrogen (secondary N) is 1. The van der Waals surface area contributed by atoms with E-state index in [0.29, 0.717) is 47.8 Å². The summed E-state index contributed by atoms with van der Waals surface area (Å²) in [6.07, 6.45) is 0. The van der Waals surface area contributed by atoms with Gasteiger partial charge in [-0.15, -0.1) is 0 Å². The first-order chi connectivity index (χ1) is 15.0. The summed E-state index contributed by atoms with van der Waals surface area (Å²) >= 11 is 15.7. The first kappa shape index (κ1) is 23.7. The van der Waals surface area contributed by atoms with Crippen molar-refractivity contribution in [1.82, 2.24) is 5.32 Å². The summed E-state index contributed by atoms with van der Waals surface area (Å²) in [5, 5.41) is 4.48. The number of hydrogen-bond acceptors (Lipinski definition) is 4. The summed E-state index contributed by atoms with van der Waals surface area (Å²) in [5.74, 6) is 2.21. The second-order valence-corrected chi connectivity index (χ2v) is 8.46. The molecule has 0 radical (unpaired) electrons. The van der Waals surface area contributed by atoms with Crippen LogP contribution in [0.2, 0.25) is 10.0 Å². The van der Waals surface area contributed by atoms with Crippen LogP contribution in [0, 0.1) is 0 Å². The minimum absolute atomic E-state index is 0.348. The van der Waals surface area contributed by atoms with E-state index in [1.165, 1.54) is 0 Å². The highest BCUT2D eigenvalue weighted by Gasteiger charge is 2.13. The zero-order valence-corrected chi connectivity index (χ0v) is 20.5. The Morgan fingerprint density at radius 3 is 2.42 bits per heavy atom. The largest absolute Gasteiger partial charge is 0.496 e. The second kappa shape index (κ2) is 11.6. The minimum Gasteiger partial charge on any atom is -0.496 e. The van der Waals surface area contributed by atoms with Crippen molar-refractivity contribution in [3.8, 4) is 17.2 Å². The molecule has 3 rings (SSSR count). The van der Waals surface area contributed by atoms with E-state index in [1.807, 2.05) is 49.4 Å². The van der Waals surface area contributed by atoms with Gasteiger partial charge in [-0.2, -0.15) is 0 Å². The van der Waals surface area contributed by atoms with Crippen LogP contribution in [0.4, 0.5) is 0 Å². The van der Waals surface area contributed by atoms with Gasteiger partial charge in [0.25, 0.3) is 0 Å². The van der Waals surface area contributed by atoms with Crippen LogP contribution in [0.25, 0.3) is 0 Å². The molecule has 0 spiro atoms. The van der Waals surface area contributed by atoms with Gasteiger partial charge in [-0.1, -0.05) is 47.5 Å². The lowest BCUT2D eigenvalue weighted by Gasteiger charge is -2.16. The molecule has 0 bridgehead atoms. The lowest BCUT2D eigenvalue weighted by molar-refractivity contribution is 0.267. The maximum absolute atomic E-state index is 6.10. The quantitative estimate of drug-likeness (QED) is 0.309. The number of rotatable bonds is 10. The number of para-hydroxylation sites is 1. The molecule has 4 nitrogen and oxygen atoms in total. The van der Waals surface area contributed by atoms with Crippen molar-refractivity contribution in [3.05, 3.63) is 85.8 Å². The maximum Gasteiger partial charge on any atom is 0.175 e. The molecule has 0 aliphatic carbocycles. The van der Waals surface area contributed by atoms with Gasteiger partial charge in [-0.25, -0.2) is 0 Å². The summed E-state index contributed by atoms with van der Waals surface area (Å²) in [4.78, 5) is 0. The van der Waals surface area contributed by atoms with Gasteiger partial charge in [0, 0.05) is 18.7 Å². The molecular weight excluding hydrogens is 501 g/mol. The molecule has 7 heteroatoms. The van der Waals surface area contributed by atoms with E-state index >= 15 is 0 Å². The highest BCUT2D eigenvalue weighted by atomic mass is 79.9. The summed E-state index contributed by atoms with van der Waals surface area (Å²) in [5.41, 5.74) is 3.11. The Balaban J connectivity index is 1.69. The van der Waals surface area contributed by atoms with Gasteiger partial charge in [0.05, 0.1) is 28.2 Å². The molecule has 0 aliphatic heterocycles. The average Bonchev–Trinajstić information content (AvgIpc) is 2.76. The lowest BCUT2D eigenvalue weighted by Crippen LogP contribution is -2.13. The summed E-state index contributed by atoms with van der Waals surface area (Å²) in [7, 11) is 1.68. The molecule has 3 aromatic carbocycles. The predicted octanol–water partition coefficient (Wildman–Crippen LogP) is 7.03. The molecule has 0 atom stereocenters. The van der Waals surface area contributed by atoms with Crippen molar-refractivity contribution < 1.29 is 14.2 Å². The fourth-order valence-electron chi connectivity index (χ4n) is 3.10. The monoisotopic (exact) mass is 523 g/mol. The normalized spacial score (nSPS) is 10.7. The molecule has 0 aromatic heterocycles. The van der Waals surface area contributed by atoms with Crippen molar-refractivity contribution in [2.24, 2.45) is 0 Å². The Hall–Kier alpha value is -1.92. The second-order valence-electron chi connectivity index (χ2n) is 6.79. The summed E-state index contributed by atoms with van der Waals surface area (Å²) in [6, 6.07) is 17.4. The Labute approximate surface area is 201 Å². The Morgan fingerprint density at radius 1 is 0.871 bits per heavy atom. The van der Waals surface area contributed by atoms with Crippen molar-refractivity contribution in [2.45, 2.75) is 26.6 Å². The van der Waals surface area contributed by atoms with E-state index < -0.39 is 0 Å². The first-order valence-corrected chi connectivity index (χ1v) is 11.4. The van der Waals surface area contributed by atoms with E-state index in [1.54, 1.807) is 19.2 Å². The van der Waals surface area contributed by atoms with Crippen LogP contribution in [0.5, 0.6) is 17.2 Å². The summed E-state index contributed by atoms with van der Waals surface area (Å²) < 4.78 is 18.1. The SMILES string of the molecule is CCOc1cc(CNCc2ccccc2OC)cc(Br)c1OCc1ccc(Cl)c(Cl)c1. The standard InChI is InChI=1S/C24H24BrCl2NO3/c1-3-30-23-12-17(13-28-14-18-6-4-5-7-22(18)29-2)10-19(25)24(23)31-15-16-8-9-20(26)21(27)11-16/h4-12,28H,3,13-15H2,1-2H3. The molecule has 0 amide bonds. The van der Waals surface area contributed by atoms with Crippen molar-refractivity contribution in [2.75, 3.05) is 13.7 Å². The molecule has 0 saturated heterocycles. The third-order valence-corrected chi connectivity index (χ3v) is 5.90. The molecule has 1 N–H and O–H groups in total. The maximum atomic E-state index is 6.10. The van der Waals surface area contributed by atoms with Gasteiger partial charge in [-0.05, 0) is 64.3 Å². The van der Waals surface area contributed by atoms with Gasteiger partial charge in [0.2, 0.25) is 0 Å². The fraction of sp³-hybridized carbons (Fsp3) is 0.250. The van der Waals surface area contributed by atoms with Gasteiger partial charge in [-0.3, -0.25) is 0 Å². The number of benzene rings is 3. The van der Waals surface area contributed by atoms with Crippen molar-refractivity contribution in [1.29, 1.82) is 0 Å². The highest BCUT2D eigenvalue weighted by Crippen LogP contribution is 2.38. The zero-order valence-electron chi connectivity index (χ0n) is 17.4. The number of hydrogen-bond donors (Lipinski definition) is 1. The molecule has 0 aliphatic rings. The topological polar surface area (TPSA) is 39.7 Å². The third kappa shape index (κ3) is 6.53. The molecule has 164 valence electrons. The molecule has 0 fully saturated rings. The molecule has 0 saturated carbocycles. The van der Waals surface area contributed by atoms with Crippen molar-refractivity contribution >= 4 is 39.1 Å². The van der Waals surface area contributed by atoms with Gasteiger partial charge >= 0.3 is 0 Å². The van der Waals surface area contributed by atoms with Crippen molar-refractivity contribution in [3.63, 3.8) is 0 Å². The molecule has 3 aromatic rings. The lowest BCUT2D eigenvalue weighted by atomic mass is 10.1. The molecule has 31 heavy (non-hydrogen) atoms. The van der Waals surface area contributed by atoms with E-state index in [-0.39, 0.29) is 0 Å². The van der Waals surface area contributed by atoms with Crippen LogP contribution in [0.3, 0.4) is 0 Å². The van der Waals surface area contributed by atoms with Gasteiger partial charge < -0.3 is 19.5 Å².